The second-order valence-electron chi connectivity index (χ2n) is 6.46. The van der Waals surface area contributed by atoms with E-state index in [1.54, 1.807) is 16.7 Å². The molecule has 0 aliphatic heterocycles. The number of carbonyl (C=O) groups excluding carboxylic acids is 2. The summed E-state index contributed by atoms with van der Waals surface area (Å²) >= 11 is 1.11. The fourth-order valence-corrected chi connectivity index (χ4v) is 3.63. The van der Waals surface area contributed by atoms with Crippen LogP contribution in [0.3, 0.4) is 0 Å². The van der Waals surface area contributed by atoms with Crippen molar-refractivity contribution >= 4 is 29.1 Å². The van der Waals surface area contributed by atoms with E-state index in [0.717, 1.165) is 11.8 Å². The highest BCUT2D eigenvalue weighted by Crippen LogP contribution is 2.24. The molecule has 2 aromatic carbocycles. The van der Waals surface area contributed by atoms with E-state index in [4.69, 9.17) is 0 Å². The maximum atomic E-state index is 13.4. The molecule has 0 bridgehead atoms. The van der Waals surface area contributed by atoms with Crippen molar-refractivity contribution in [1.29, 1.82) is 0 Å². The first-order chi connectivity index (χ1) is 14.8. The van der Waals surface area contributed by atoms with Crippen LogP contribution in [0.4, 0.5) is 10.1 Å². The number of nitro groups is 1. The van der Waals surface area contributed by atoms with Crippen molar-refractivity contribution in [1.82, 2.24) is 20.1 Å². The third-order valence-electron chi connectivity index (χ3n) is 4.22. The Balaban J connectivity index is 1.81. The summed E-state index contributed by atoms with van der Waals surface area (Å²) in [4.78, 5) is 34.0. The molecule has 3 aromatic rings. The summed E-state index contributed by atoms with van der Waals surface area (Å²) in [6.07, 6.45) is 0.378. The minimum absolute atomic E-state index is 0.0216. The Kier molecular flexibility index (Phi) is 7.08. The molecule has 0 radical (unpaired) electrons. The number of rotatable bonds is 9. The number of carbonyl (C=O) groups is 2. The van der Waals surface area contributed by atoms with Gasteiger partial charge in [-0.25, -0.2) is 4.39 Å². The van der Waals surface area contributed by atoms with E-state index in [-0.39, 0.29) is 28.7 Å². The van der Waals surface area contributed by atoms with Gasteiger partial charge in [0.2, 0.25) is 5.91 Å². The molecule has 0 unspecified atom stereocenters. The van der Waals surface area contributed by atoms with E-state index in [0.29, 0.717) is 29.6 Å². The summed E-state index contributed by atoms with van der Waals surface area (Å²) in [6, 6.07) is 11.2. The van der Waals surface area contributed by atoms with Crippen LogP contribution in [-0.4, -0.2) is 43.7 Å². The van der Waals surface area contributed by atoms with E-state index >= 15 is 0 Å². The number of halogens is 1. The maximum Gasteiger partial charge on any atom is 0.270 e. The van der Waals surface area contributed by atoms with Gasteiger partial charge >= 0.3 is 0 Å². The quantitative estimate of drug-likeness (QED) is 0.234. The standard InChI is InChI=1S/C20H18FN5O4S/c1-13(27)22-10-9-19-23-24-20(25(19)16-7-5-15(21)6-8-16)31-12-18(28)14-3-2-4-17(11-14)26(29)30/h2-8,11H,9-10,12H2,1H3,(H,22,27). The van der Waals surface area contributed by atoms with Gasteiger partial charge in [-0.2, -0.15) is 0 Å². The van der Waals surface area contributed by atoms with Crippen LogP contribution in [0, 0.1) is 15.9 Å². The smallest absolute Gasteiger partial charge is 0.270 e. The van der Waals surface area contributed by atoms with Gasteiger partial charge in [-0.1, -0.05) is 23.9 Å². The van der Waals surface area contributed by atoms with Crippen LogP contribution >= 0.6 is 11.8 Å². The molecule has 31 heavy (non-hydrogen) atoms. The van der Waals surface area contributed by atoms with E-state index in [1.807, 2.05) is 0 Å². The van der Waals surface area contributed by atoms with Crippen LogP contribution in [0.2, 0.25) is 0 Å². The van der Waals surface area contributed by atoms with Gasteiger partial charge in [0.15, 0.2) is 10.9 Å². The largest absolute Gasteiger partial charge is 0.356 e. The van der Waals surface area contributed by atoms with Crippen molar-refractivity contribution in [2.75, 3.05) is 12.3 Å². The number of Topliss-reactive ketones (excluding diaryl/α,β-unsaturated/α-hetero) is 1. The SMILES string of the molecule is CC(=O)NCCc1nnc(SCC(=O)c2cccc([N+](=O)[O-])c2)n1-c1ccc(F)cc1. The minimum Gasteiger partial charge on any atom is -0.356 e. The van der Waals surface area contributed by atoms with E-state index in [9.17, 15) is 24.1 Å². The molecule has 160 valence electrons. The van der Waals surface area contributed by atoms with Gasteiger partial charge in [-0.3, -0.25) is 24.3 Å². The molecule has 0 aliphatic rings. The van der Waals surface area contributed by atoms with Crippen molar-refractivity contribution in [3.8, 4) is 5.69 Å². The molecule has 0 fully saturated rings. The average Bonchev–Trinajstić information content (AvgIpc) is 3.15. The molecule has 9 nitrogen and oxygen atoms in total. The molecule has 1 N–H and O–H groups in total. The maximum absolute atomic E-state index is 13.4. The summed E-state index contributed by atoms with van der Waals surface area (Å²) in [5.74, 6) is -0.365. The summed E-state index contributed by atoms with van der Waals surface area (Å²) in [7, 11) is 0. The summed E-state index contributed by atoms with van der Waals surface area (Å²) in [5.41, 5.74) is 0.667. The zero-order valence-electron chi connectivity index (χ0n) is 16.4. The predicted molar refractivity (Wildman–Crippen MR) is 112 cm³/mol. The molecule has 11 heteroatoms. The van der Waals surface area contributed by atoms with Gasteiger partial charge in [-0.15, -0.1) is 10.2 Å². The van der Waals surface area contributed by atoms with Crippen molar-refractivity contribution in [2.45, 2.75) is 18.5 Å². The summed E-state index contributed by atoms with van der Waals surface area (Å²) < 4.78 is 15.1. The lowest BCUT2D eigenvalue weighted by Gasteiger charge is -2.10. The minimum atomic E-state index is -0.559. The molecular weight excluding hydrogens is 425 g/mol. The highest BCUT2D eigenvalue weighted by atomic mass is 32.2. The highest BCUT2D eigenvalue weighted by molar-refractivity contribution is 7.99. The van der Waals surface area contributed by atoms with Crippen molar-refractivity contribution in [3.05, 3.63) is 75.9 Å². The monoisotopic (exact) mass is 443 g/mol. The summed E-state index contributed by atoms with van der Waals surface area (Å²) in [6.45, 7) is 1.75. The molecule has 0 atom stereocenters. The van der Waals surface area contributed by atoms with Crippen LogP contribution in [0.5, 0.6) is 0 Å². The fraction of sp³-hybridized carbons (Fsp3) is 0.200. The Bertz CT molecular complexity index is 1120. The molecule has 1 aromatic heterocycles. The topological polar surface area (TPSA) is 120 Å². The number of hydrogen-bond donors (Lipinski definition) is 1. The second-order valence-corrected chi connectivity index (χ2v) is 7.41. The zero-order valence-corrected chi connectivity index (χ0v) is 17.3. The Labute approximate surface area is 180 Å². The number of nitrogens with zero attached hydrogens (tertiary/aromatic N) is 4. The fourth-order valence-electron chi connectivity index (χ4n) is 2.76. The Morgan fingerprint density at radius 2 is 1.94 bits per heavy atom. The van der Waals surface area contributed by atoms with Gasteiger partial charge in [0.05, 0.1) is 10.7 Å². The van der Waals surface area contributed by atoms with Gasteiger partial charge in [-0.05, 0) is 24.3 Å². The first-order valence-corrected chi connectivity index (χ1v) is 10.2. The van der Waals surface area contributed by atoms with E-state index in [2.05, 4.69) is 15.5 Å². The van der Waals surface area contributed by atoms with Gasteiger partial charge in [0.25, 0.3) is 5.69 Å². The second kappa shape index (κ2) is 9.94. The van der Waals surface area contributed by atoms with Gasteiger partial charge in [0.1, 0.15) is 11.6 Å². The normalized spacial score (nSPS) is 10.6. The lowest BCUT2D eigenvalue weighted by molar-refractivity contribution is -0.384. The number of hydrogen-bond acceptors (Lipinski definition) is 7. The molecule has 0 aliphatic carbocycles. The molecule has 1 heterocycles. The number of nitro benzene ring substituents is 1. The van der Waals surface area contributed by atoms with Crippen LogP contribution in [0.1, 0.15) is 23.1 Å². The number of aromatic nitrogens is 3. The molecule has 0 saturated heterocycles. The number of thioether (sulfide) groups is 1. The van der Waals surface area contributed by atoms with Crippen LogP contribution in [0.15, 0.2) is 53.7 Å². The van der Waals surface area contributed by atoms with Gasteiger partial charge in [0, 0.05) is 43.3 Å². The highest BCUT2D eigenvalue weighted by Gasteiger charge is 2.18. The Hall–Kier alpha value is -3.60. The number of non-ortho nitro benzene ring substituents is 1. The molecule has 3 rings (SSSR count). The Morgan fingerprint density at radius 3 is 2.61 bits per heavy atom. The Morgan fingerprint density at radius 1 is 1.19 bits per heavy atom. The van der Waals surface area contributed by atoms with E-state index in [1.165, 1.54) is 43.3 Å². The van der Waals surface area contributed by atoms with Crippen molar-refractivity contribution in [2.24, 2.45) is 0 Å². The molecule has 0 saturated carbocycles. The number of nitrogens with one attached hydrogen (secondary N) is 1. The molecule has 1 amide bonds. The first kappa shape index (κ1) is 22.1. The predicted octanol–water partition coefficient (Wildman–Crippen LogP) is 2.97. The molecule has 0 spiro atoms. The number of ketones is 1. The van der Waals surface area contributed by atoms with E-state index < -0.39 is 10.7 Å². The van der Waals surface area contributed by atoms with Crippen LogP contribution in [-0.2, 0) is 11.2 Å². The number of benzene rings is 2. The van der Waals surface area contributed by atoms with Crippen LogP contribution < -0.4 is 5.32 Å². The third kappa shape index (κ3) is 5.72. The van der Waals surface area contributed by atoms with Gasteiger partial charge < -0.3 is 5.32 Å². The van der Waals surface area contributed by atoms with Crippen LogP contribution in [0.25, 0.3) is 5.69 Å². The first-order valence-electron chi connectivity index (χ1n) is 9.20. The van der Waals surface area contributed by atoms with Crippen molar-refractivity contribution in [3.63, 3.8) is 0 Å². The number of amides is 1. The lowest BCUT2D eigenvalue weighted by Crippen LogP contribution is -2.23. The third-order valence-corrected chi connectivity index (χ3v) is 5.15. The van der Waals surface area contributed by atoms with Crippen molar-refractivity contribution < 1.29 is 18.9 Å². The molecular formula is C20H18FN5O4S. The average molecular weight is 443 g/mol. The zero-order chi connectivity index (χ0) is 22.4. The summed E-state index contributed by atoms with van der Waals surface area (Å²) in [5, 5.41) is 22.3. The lowest BCUT2D eigenvalue weighted by atomic mass is 10.1.